The van der Waals surface area contributed by atoms with Crippen LogP contribution in [0, 0.1) is 11.3 Å². The minimum atomic E-state index is 0.0348. The molecule has 0 aromatic rings. The Morgan fingerprint density at radius 1 is 1.50 bits per heavy atom. The Kier molecular flexibility index (Phi) is 8.15. The number of allylic oxidation sites excluding steroid dienone is 3. The molecule has 0 bridgehead atoms. The van der Waals surface area contributed by atoms with Gasteiger partial charge in [0.15, 0.2) is 0 Å². The Labute approximate surface area is 111 Å². The topological polar surface area (TPSA) is 53.0 Å². The van der Waals surface area contributed by atoms with E-state index in [1.165, 1.54) is 6.21 Å². The first kappa shape index (κ1) is 15.3. The maximum absolute atomic E-state index is 11.5. The largest absolute Gasteiger partial charge is 0.326 e. The van der Waals surface area contributed by atoms with E-state index in [9.17, 15) is 4.79 Å². The van der Waals surface area contributed by atoms with E-state index in [0.29, 0.717) is 12.3 Å². The van der Waals surface area contributed by atoms with Crippen LogP contribution >= 0.6 is 22.6 Å². The highest BCUT2D eigenvalue weighted by atomic mass is 127. The van der Waals surface area contributed by atoms with Crippen LogP contribution < -0.4 is 5.32 Å². The number of hydrogen-bond acceptors (Lipinski definition) is 2. The fraction of sp³-hybridized carbons (Fsp3) is 0.500. The molecule has 16 heavy (non-hydrogen) atoms. The van der Waals surface area contributed by atoms with Gasteiger partial charge in [-0.15, -0.1) is 0 Å². The van der Waals surface area contributed by atoms with Crippen LogP contribution in [-0.4, -0.2) is 16.0 Å². The molecule has 1 atom stereocenters. The summed E-state index contributed by atoms with van der Waals surface area (Å²) < 4.78 is 0.0644. The zero-order valence-electron chi connectivity index (χ0n) is 9.96. The summed E-state index contributed by atoms with van der Waals surface area (Å²) in [5.41, 5.74) is 0.786. The molecular weight excluding hydrogens is 315 g/mol. The van der Waals surface area contributed by atoms with E-state index in [4.69, 9.17) is 5.41 Å². The van der Waals surface area contributed by atoms with Crippen molar-refractivity contribution >= 4 is 34.7 Å². The molecule has 0 rings (SSSR count). The lowest BCUT2D eigenvalue weighted by Crippen LogP contribution is -2.23. The smallest absolute Gasteiger partial charge is 0.224 e. The van der Waals surface area contributed by atoms with Crippen molar-refractivity contribution in [2.24, 2.45) is 5.92 Å². The van der Waals surface area contributed by atoms with Crippen LogP contribution in [0.15, 0.2) is 23.9 Å². The number of carbonyl (C=O) groups excluding carboxylic acids is 1. The molecule has 1 unspecified atom stereocenters. The maximum atomic E-state index is 11.5. The number of rotatable bonds is 6. The molecule has 0 saturated carbocycles. The fourth-order valence-corrected chi connectivity index (χ4v) is 1.25. The number of halogens is 1. The van der Waals surface area contributed by atoms with E-state index in [1.807, 2.05) is 39.0 Å². The molecule has 4 heteroatoms. The second kappa shape index (κ2) is 8.50. The van der Waals surface area contributed by atoms with Gasteiger partial charge in [-0.3, -0.25) is 4.79 Å². The average Bonchev–Trinajstić information content (AvgIpc) is 2.22. The maximum Gasteiger partial charge on any atom is 0.224 e. The minimum Gasteiger partial charge on any atom is -0.326 e. The van der Waals surface area contributed by atoms with Gasteiger partial charge in [0.2, 0.25) is 5.91 Å². The Morgan fingerprint density at radius 3 is 2.56 bits per heavy atom. The number of hydrogen-bond donors (Lipinski definition) is 2. The lowest BCUT2D eigenvalue weighted by atomic mass is 10.1. The fourth-order valence-electron chi connectivity index (χ4n) is 1.04. The lowest BCUT2D eigenvalue weighted by molar-refractivity contribution is -0.121. The van der Waals surface area contributed by atoms with Crippen molar-refractivity contribution in [1.82, 2.24) is 5.32 Å². The molecule has 0 aliphatic heterocycles. The Morgan fingerprint density at radius 2 is 2.12 bits per heavy atom. The molecule has 0 aromatic heterocycles. The Balaban J connectivity index is 4.27. The summed E-state index contributed by atoms with van der Waals surface area (Å²) in [6, 6.07) is 0. The molecule has 0 aliphatic rings. The molecule has 2 N–H and O–H groups in total. The van der Waals surface area contributed by atoms with Gasteiger partial charge in [-0.1, -0.05) is 48.6 Å². The number of nitrogens with one attached hydrogen (secondary N) is 2. The predicted molar refractivity (Wildman–Crippen MR) is 77.1 cm³/mol. The second-order valence-corrected chi connectivity index (χ2v) is 5.30. The van der Waals surface area contributed by atoms with E-state index >= 15 is 0 Å². The minimum absolute atomic E-state index is 0.0348. The van der Waals surface area contributed by atoms with Crippen LogP contribution in [0.1, 0.15) is 27.2 Å². The van der Waals surface area contributed by atoms with Gasteiger partial charge in [0, 0.05) is 18.3 Å². The molecule has 0 saturated heterocycles. The van der Waals surface area contributed by atoms with Crippen molar-refractivity contribution in [3.63, 3.8) is 0 Å². The van der Waals surface area contributed by atoms with Gasteiger partial charge in [-0.25, -0.2) is 0 Å². The summed E-state index contributed by atoms with van der Waals surface area (Å²) in [7, 11) is 0. The normalized spacial score (nSPS) is 14.2. The Hall–Kier alpha value is -0.650. The molecular formula is C12H19IN2O. The highest BCUT2D eigenvalue weighted by Gasteiger charge is 2.05. The number of carbonyl (C=O) groups is 1. The molecule has 0 spiro atoms. The third-order valence-electron chi connectivity index (χ3n) is 1.81. The highest BCUT2D eigenvalue weighted by Crippen LogP contribution is 2.03. The summed E-state index contributed by atoms with van der Waals surface area (Å²) in [6.07, 6.45) is 7.44. The zero-order chi connectivity index (χ0) is 12.6. The van der Waals surface area contributed by atoms with Crippen LogP contribution in [0.25, 0.3) is 0 Å². The molecule has 90 valence electrons. The predicted octanol–water partition coefficient (Wildman–Crippen LogP) is 3.06. The molecule has 0 heterocycles. The summed E-state index contributed by atoms with van der Waals surface area (Å²) in [5.74, 6) is 0.397. The first-order valence-corrected chi connectivity index (χ1v) is 6.53. The van der Waals surface area contributed by atoms with E-state index in [1.54, 1.807) is 0 Å². The standard InChI is InChI=1S/C12H19IN2O/c1-4-11(6-5-10(13)8-14)15-12(16)7-9(2)3/h4-6,8-10,14H,7H2,1-3H3,(H,15,16)/b6-5-,11-4+,14-8?. The highest BCUT2D eigenvalue weighted by molar-refractivity contribution is 14.1. The Bertz CT molecular complexity index is 295. The van der Waals surface area contributed by atoms with Crippen molar-refractivity contribution in [3.8, 4) is 0 Å². The molecule has 0 fully saturated rings. The van der Waals surface area contributed by atoms with Crippen molar-refractivity contribution in [3.05, 3.63) is 23.9 Å². The molecule has 1 amide bonds. The number of amides is 1. The molecule has 0 aromatic carbocycles. The van der Waals surface area contributed by atoms with Crippen molar-refractivity contribution in [2.45, 2.75) is 31.1 Å². The second-order valence-electron chi connectivity index (χ2n) is 3.86. The summed E-state index contributed by atoms with van der Waals surface area (Å²) >= 11 is 2.14. The summed E-state index contributed by atoms with van der Waals surface area (Å²) in [5, 5.41) is 9.89. The van der Waals surface area contributed by atoms with E-state index < -0.39 is 0 Å². The summed E-state index contributed by atoms with van der Waals surface area (Å²) in [4.78, 5) is 11.5. The average molecular weight is 334 g/mol. The van der Waals surface area contributed by atoms with Crippen LogP contribution in [0.4, 0.5) is 0 Å². The zero-order valence-corrected chi connectivity index (χ0v) is 12.1. The molecule has 0 aliphatic carbocycles. The van der Waals surface area contributed by atoms with Crippen LogP contribution in [-0.2, 0) is 4.79 Å². The van der Waals surface area contributed by atoms with Crippen LogP contribution in [0.3, 0.4) is 0 Å². The van der Waals surface area contributed by atoms with Crippen molar-refractivity contribution in [2.75, 3.05) is 0 Å². The van der Waals surface area contributed by atoms with Crippen molar-refractivity contribution < 1.29 is 4.79 Å². The van der Waals surface area contributed by atoms with E-state index in [0.717, 1.165) is 5.70 Å². The van der Waals surface area contributed by atoms with Crippen LogP contribution in [0.2, 0.25) is 0 Å². The van der Waals surface area contributed by atoms with Gasteiger partial charge in [-0.05, 0) is 18.9 Å². The monoisotopic (exact) mass is 334 g/mol. The molecule has 3 nitrogen and oxygen atoms in total. The SMILES string of the molecule is C/C=C(\C=C/C(I)C=N)NC(=O)CC(C)C. The van der Waals surface area contributed by atoms with Gasteiger partial charge in [0.25, 0.3) is 0 Å². The van der Waals surface area contributed by atoms with Gasteiger partial charge >= 0.3 is 0 Å². The first-order valence-electron chi connectivity index (χ1n) is 5.28. The van der Waals surface area contributed by atoms with Crippen LogP contribution in [0.5, 0.6) is 0 Å². The number of alkyl halides is 1. The van der Waals surface area contributed by atoms with Gasteiger partial charge in [0.05, 0.1) is 3.92 Å². The molecule has 0 radical (unpaired) electrons. The quantitative estimate of drug-likeness (QED) is 0.334. The summed E-state index contributed by atoms with van der Waals surface area (Å²) in [6.45, 7) is 5.91. The van der Waals surface area contributed by atoms with E-state index in [2.05, 4.69) is 27.9 Å². The van der Waals surface area contributed by atoms with E-state index in [-0.39, 0.29) is 9.83 Å². The van der Waals surface area contributed by atoms with Crippen molar-refractivity contribution in [1.29, 1.82) is 5.41 Å². The lowest BCUT2D eigenvalue weighted by Gasteiger charge is -2.07. The first-order chi connectivity index (χ1) is 7.49. The van der Waals surface area contributed by atoms with Gasteiger partial charge < -0.3 is 10.7 Å². The van der Waals surface area contributed by atoms with Gasteiger partial charge in [0.1, 0.15) is 0 Å². The van der Waals surface area contributed by atoms with Gasteiger partial charge in [-0.2, -0.15) is 0 Å². The third kappa shape index (κ3) is 7.62. The third-order valence-corrected chi connectivity index (χ3v) is 2.58.